The number of fused-ring (bicyclic) bond motifs is 1. The van der Waals surface area contributed by atoms with Crippen LogP contribution in [0.25, 0.3) is 16.3 Å². The summed E-state index contributed by atoms with van der Waals surface area (Å²) in [6.45, 7) is 0. The van der Waals surface area contributed by atoms with E-state index in [1.807, 2.05) is 24.3 Å². The Morgan fingerprint density at radius 1 is 1.09 bits per heavy atom. The van der Waals surface area contributed by atoms with Gasteiger partial charge in [0.25, 0.3) is 0 Å². The van der Waals surface area contributed by atoms with Crippen LogP contribution in [-0.4, -0.2) is 18.9 Å². The van der Waals surface area contributed by atoms with E-state index >= 15 is 0 Å². The second-order valence-electron chi connectivity index (χ2n) is 5.51. The van der Waals surface area contributed by atoms with Gasteiger partial charge in [-0.05, 0) is 34.8 Å². The van der Waals surface area contributed by atoms with Gasteiger partial charge in [-0.1, -0.05) is 42.5 Å². The third-order valence-corrected chi connectivity index (χ3v) is 4.20. The van der Waals surface area contributed by atoms with E-state index in [0.717, 1.165) is 34.8 Å². The summed E-state index contributed by atoms with van der Waals surface area (Å²) in [4.78, 5) is 24.0. The molecule has 0 atom stereocenters. The summed E-state index contributed by atoms with van der Waals surface area (Å²) in [5.41, 5.74) is 2.68. The van der Waals surface area contributed by atoms with Crippen molar-refractivity contribution in [3.05, 3.63) is 53.6 Å². The summed E-state index contributed by atoms with van der Waals surface area (Å²) in [5, 5.41) is 2.26. The van der Waals surface area contributed by atoms with E-state index in [1.54, 1.807) is 0 Å². The van der Waals surface area contributed by atoms with Gasteiger partial charge in [0.2, 0.25) is 0 Å². The molecule has 0 unspecified atom stereocenters. The van der Waals surface area contributed by atoms with Crippen LogP contribution in [0.2, 0.25) is 0 Å². The maximum atomic E-state index is 12.3. The van der Waals surface area contributed by atoms with Crippen molar-refractivity contribution in [3.63, 3.8) is 0 Å². The third kappa shape index (κ3) is 2.67. The van der Waals surface area contributed by atoms with Crippen molar-refractivity contribution in [2.45, 2.75) is 25.7 Å². The van der Waals surface area contributed by atoms with Crippen LogP contribution in [0.5, 0.6) is 0 Å². The average molecular weight is 294 g/mol. The maximum Gasteiger partial charge on any atom is 0.310 e. The van der Waals surface area contributed by atoms with Gasteiger partial charge in [-0.25, -0.2) is 0 Å². The van der Waals surface area contributed by atoms with Gasteiger partial charge >= 0.3 is 5.97 Å². The smallest absolute Gasteiger partial charge is 0.310 e. The highest BCUT2D eigenvalue weighted by atomic mass is 16.5. The topological polar surface area (TPSA) is 43.4 Å². The van der Waals surface area contributed by atoms with Crippen molar-refractivity contribution in [2.24, 2.45) is 0 Å². The molecule has 1 aliphatic carbocycles. The van der Waals surface area contributed by atoms with Crippen LogP contribution in [0.1, 0.15) is 31.2 Å². The Balaban J connectivity index is 2.18. The molecule has 0 fully saturated rings. The minimum Gasteiger partial charge on any atom is -0.469 e. The molecular formula is C19H18O3. The minimum atomic E-state index is -0.358. The molecule has 0 aromatic heterocycles. The standard InChI is InChI=1S/C19H18O3/c1-22-19(21)12-17-16(10-5-11-18(17)20)15-9-4-7-13-6-2-3-8-14(13)15/h2-4,6-9H,5,10-12H2,1H3. The number of carbonyl (C=O) groups is 2. The zero-order chi connectivity index (χ0) is 15.5. The first-order valence-corrected chi connectivity index (χ1v) is 7.51. The molecule has 2 aromatic carbocycles. The van der Waals surface area contributed by atoms with Crippen molar-refractivity contribution in [3.8, 4) is 0 Å². The number of allylic oxidation sites excluding steroid dienone is 1. The van der Waals surface area contributed by atoms with Crippen molar-refractivity contribution < 1.29 is 14.3 Å². The van der Waals surface area contributed by atoms with Gasteiger partial charge in [0.1, 0.15) is 0 Å². The van der Waals surface area contributed by atoms with Gasteiger partial charge < -0.3 is 4.74 Å². The molecule has 3 nitrogen and oxygen atoms in total. The van der Waals surface area contributed by atoms with Gasteiger partial charge in [0, 0.05) is 12.0 Å². The number of benzene rings is 2. The van der Waals surface area contributed by atoms with Crippen molar-refractivity contribution >= 4 is 28.1 Å². The molecule has 2 aromatic rings. The van der Waals surface area contributed by atoms with E-state index in [4.69, 9.17) is 4.74 Å². The highest BCUT2D eigenvalue weighted by Crippen LogP contribution is 2.35. The summed E-state index contributed by atoms with van der Waals surface area (Å²) >= 11 is 0. The monoisotopic (exact) mass is 294 g/mol. The predicted octanol–water partition coefficient (Wildman–Crippen LogP) is 3.91. The molecule has 112 valence electrons. The van der Waals surface area contributed by atoms with Crippen LogP contribution >= 0.6 is 0 Å². The summed E-state index contributed by atoms with van der Waals surface area (Å²) in [5.74, 6) is -0.289. The second kappa shape index (κ2) is 6.14. The second-order valence-corrected chi connectivity index (χ2v) is 5.51. The van der Waals surface area contributed by atoms with E-state index in [1.165, 1.54) is 7.11 Å². The van der Waals surface area contributed by atoms with Crippen molar-refractivity contribution in [1.29, 1.82) is 0 Å². The van der Waals surface area contributed by atoms with Gasteiger partial charge in [0.15, 0.2) is 5.78 Å². The lowest BCUT2D eigenvalue weighted by atomic mass is 9.83. The molecule has 1 aliphatic rings. The Labute approximate surface area is 129 Å². The number of ether oxygens (including phenoxy) is 1. The Hall–Kier alpha value is -2.42. The largest absolute Gasteiger partial charge is 0.469 e. The molecule has 0 spiro atoms. The molecule has 0 saturated heterocycles. The van der Waals surface area contributed by atoms with Crippen LogP contribution < -0.4 is 0 Å². The van der Waals surface area contributed by atoms with Gasteiger partial charge in [-0.3, -0.25) is 9.59 Å². The zero-order valence-electron chi connectivity index (χ0n) is 12.6. The number of methoxy groups -OCH3 is 1. The van der Waals surface area contributed by atoms with E-state index in [9.17, 15) is 9.59 Å². The van der Waals surface area contributed by atoms with Crippen LogP contribution in [0, 0.1) is 0 Å². The highest BCUT2D eigenvalue weighted by Gasteiger charge is 2.24. The Morgan fingerprint density at radius 3 is 2.68 bits per heavy atom. The minimum absolute atomic E-state index is 0.0634. The first-order valence-electron chi connectivity index (χ1n) is 7.51. The molecular weight excluding hydrogens is 276 g/mol. The number of ketones is 1. The third-order valence-electron chi connectivity index (χ3n) is 4.20. The lowest BCUT2D eigenvalue weighted by Gasteiger charge is -2.20. The highest BCUT2D eigenvalue weighted by molar-refractivity contribution is 6.09. The fourth-order valence-electron chi connectivity index (χ4n) is 3.10. The van der Waals surface area contributed by atoms with Gasteiger partial charge in [-0.2, -0.15) is 0 Å². The first kappa shape index (κ1) is 14.5. The van der Waals surface area contributed by atoms with E-state index in [2.05, 4.69) is 18.2 Å². The van der Waals surface area contributed by atoms with Crippen LogP contribution in [0.4, 0.5) is 0 Å². The van der Waals surface area contributed by atoms with E-state index in [-0.39, 0.29) is 18.2 Å². The summed E-state index contributed by atoms with van der Waals surface area (Å²) < 4.78 is 4.75. The molecule has 0 saturated carbocycles. The fraction of sp³-hybridized carbons (Fsp3) is 0.263. The van der Waals surface area contributed by atoms with Gasteiger partial charge in [0.05, 0.1) is 13.5 Å². The number of carbonyl (C=O) groups excluding carboxylic acids is 2. The molecule has 0 bridgehead atoms. The van der Waals surface area contributed by atoms with Crippen molar-refractivity contribution in [2.75, 3.05) is 7.11 Å². The summed E-state index contributed by atoms with van der Waals surface area (Å²) in [6.07, 6.45) is 2.24. The van der Waals surface area contributed by atoms with E-state index < -0.39 is 0 Å². The van der Waals surface area contributed by atoms with Crippen LogP contribution in [0.15, 0.2) is 48.0 Å². The molecule has 0 heterocycles. The Morgan fingerprint density at radius 2 is 1.86 bits per heavy atom. The van der Waals surface area contributed by atoms with Crippen LogP contribution in [-0.2, 0) is 14.3 Å². The molecule has 0 N–H and O–H groups in total. The SMILES string of the molecule is COC(=O)CC1=C(c2cccc3ccccc23)CCCC1=O. The normalized spacial score (nSPS) is 15.2. The average Bonchev–Trinajstić information content (AvgIpc) is 2.56. The molecule has 0 aliphatic heterocycles. The first-order chi connectivity index (χ1) is 10.7. The number of Topliss-reactive ketones (excluding diaryl/α,β-unsaturated/α-hetero) is 1. The lowest BCUT2D eigenvalue weighted by Crippen LogP contribution is -2.15. The molecule has 22 heavy (non-hydrogen) atoms. The fourth-order valence-corrected chi connectivity index (χ4v) is 3.10. The molecule has 3 rings (SSSR count). The van der Waals surface area contributed by atoms with Crippen molar-refractivity contribution in [1.82, 2.24) is 0 Å². The Kier molecular flexibility index (Phi) is 4.05. The number of rotatable bonds is 3. The number of hydrogen-bond acceptors (Lipinski definition) is 3. The lowest BCUT2D eigenvalue weighted by molar-refractivity contribution is -0.140. The zero-order valence-corrected chi connectivity index (χ0v) is 12.6. The molecule has 0 amide bonds. The number of esters is 1. The maximum absolute atomic E-state index is 12.3. The number of hydrogen-bond donors (Lipinski definition) is 0. The van der Waals surface area contributed by atoms with E-state index in [0.29, 0.717) is 12.0 Å². The Bertz CT molecular complexity index is 766. The molecule has 3 heteroatoms. The quantitative estimate of drug-likeness (QED) is 0.806. The van der Waals surface area contributed by atoms with Gasteiger partial charge in [-0.15, -0.1) is 0 Å². The van der Waals surface area contributed by atoms with Crippen LogP contribution in [0.3, 0.4) is 0 Å². The predicted molar refractivity (Wildman–Crippen MR) is 86.4 cm³/mol. The summed E-state index contributed by atoms with van der Waals surface area (Å²) in [6, 6.07) is 14.2. The molecule has 0 radical (unpaired) electrons. The summed E-state index contributed by atoms with van der Waals surface area (Å²) in [7, 11) is 1.35.